The molecule has 0 fully saturated rings. The summed E-state index contributed by atoms with van der Waals surface area (Å²) in [5.41, 5.74) is 0.203. The Kier molecular flexibility index (Phi) is 10.2. The van der Waals surface area contributed by atoms with Gasteiger partial charge >= 0.3 is 0 Å². The SMILES string of the molecule is O=C(NCc1cc(F)ccc1F)[C@]1(Cc2ccc(Br)cc2)N=C(c2ccc(OCCCO)cc2)O[C@@H]1c1ccc(Cl)cc1Cl. The normalized spacial score (nSPS) is 17.6. The van der Waals surface area contributed by atoms with E-state index >= 15 is 0 Å². The number of carbonyl (C=O) groups is 1. The third kappa shape index (κ3) is 7.24. The highest BCUT2D eigenvalue weighted by Gasteiger charge is 2.53. The monoisotopic (exact) mass is 702 g/mol. The van der Waals surface area contributed by atoms with Gasteiger partial charge < -0.3 is 19.9 Å². The van der Waals surface area contributed by atoms with E-state index in [1.54, 1.807) is 42.5 Å². The maximum Gasteiger partial charge on any atom is 0.252 e. The predicted octanol–water partition coefficient (Wildman–Crippen LogP) is 7.61. The number of aliphatic hydroxyl groups excluding tert-OH is 1. The number of benzene rings is 4. The quantitative estimate of drug-likeness (QED) is 0.158. The summed E-state index contributed by atoms with van der Waals surface area (Å²) in [7, 11) is 0. The van der Waals surface area contributed by atoms with Gasteiger partial charge in [-0.3, -0.25) is 4.79 Å². The van der Waals surface area contributed by atoms with Gasteiger partial charge in [0.05, 0.1) is 6.61 Å². The summed E-state index contributed by atoms with van der Waals surface area (Å²) in [6.45, 7) is 0.0921. The molecule has 0 radical (unpaired) electrons. The number of rotatable bonds is 11. The van der Waals surface area contributed by atoms with E-state index in [1.807, 2.05) is 24.3 Å². The maximum absolute atomic E-state index is 14.5. The molecule has 1 amide bonds. The first-order valence-electron chi connectivity index (χ1n) is 13.7. The van der Waals surface area contributed by atoms with Crippen molar-refractivity contribution in [2.75, 3.05) is 13.2 Å². The van der Waals surface area contributed by atoms with Crippen LogP contribution in [0.25, 0.3) is 0 Å². The van der Waals surface area contributed by atoms with Crippen LogP contribution in [-0.4, -0.2) is 35.7 Å². The summed E-state index contributed by atoms with van der Waals surface area (Å²) in [4.78, 5) is 19.2. The highest BCUT2D eigenvalue weighted by molar-refractivity contribution is 9.10. The fraction of sp³-hybridized carbons (Fsp3) is 0.212. The van der Waals surface area contributed by atoms with Crippen LogP contribution >= 0.6 is 39.1 Å². The van der Waals surface area contributed by atoms with Crippen LogP contribution in [0.4, 0.5) is 8.78 Å². The molecule has 0 saturated heterocycles. The number of nitrogens with one attached hydrogen (secondary N) is 1. The molecule has 5 rings (SSSR count). The highest BCUT2D eigenvalue weighted by atomic mass is 79.9. The minimum absolute atomic E-state index is 0.0156. The Morgan fingerprint density at radius 1 is 1.02 bits per heavy atom. The fourth-order valence-corrected chi connectivity index (χ4v) is 5.67. The zero-order chi connectivity index (χ0) is 31.3. The van der Waals surface area contributed by atoms with Crippen molar-refractivity contribution in [3.05, 3.63) is 133 Å². The molecule has 0 saturated carbocycles. The van der Waals surface area contributed by atoms with Crippen LogP contribution in [0, 0.1) is 11.6 Å². The van der Waals surface area contributed by atoms with Crippen LogP contribution in [0.5, 0.6) is 5.75 Å². The smallest absolute Gasteiger partial charge is 0.252 e. The minimum atomic E-state index is -1.61. The van der Waals surface area contributed by atoms with Crippen LogP contribution in [0.3, 0.4) is 0 Å². The summed E-state index contributed by atoms with van der Waals surface area (Å²) in [5, 5.41) is 12.5. The van der Waals surface area contributed by atoms with E-state index in [-0.39, 0.29) is 36.1 Å². The zero-order valence-corrected chi connectivity index (χ0v) is 26.3. The molecule has 6 nitrogen and oxygen atoms in total. The standard InChI is InChI=1S/C33H27BrCl2F2N2O4/c34-23-6-2-20(3-7-23)18-33(32(42)39-19-22-16-25(37)9-13-29(22)38)30(27-12-8-24(35)17-28(27)36)44-31(40-33)21-4-10-26(11-5-21)43-15-1-14-41/h2-13,16-17,30,41H,1,14-15,18-19H2,(H,39,42)/t30-,33-/m1/s1. The first-order valence-corrected chi connectivity index (χ1v) is 15.3. The third-order valence-electron chi connectivity index (χ3n) is 7.11. The Labute approximate surface area is 271 Å². The number of aliphatic imine (C=N–C) groups is 1. The largest absolute Gasteiger partial charge is 0.494 e. The van der Waals surface area contributed by atoms with Crippen molar-refractivity contribution in [3.8, 4) is 5.75 Å². The van der Waals surface area contributed by atoms with Gasteiger partial charge in [0.1, 0.15) is 17.4 Å². The first kappa shape index (κ1) is 31.9. The molecule has 2 atom stereocenters. The second-order valence-corrected chi connectivity index (χ2v) is 11.9. The van der Waals surface area contributed by atoms with Crippen LogP contribution in [0.2, 0.25) is 10.0 Å². The zero-order valence-electron chi connectivity index (χ0n) is 23.2. The van der Waals surface area contributed by atoms with E-state index in [0.29, 0.717) is 34.9 Å². The number of amides is 1. The van der Waals surface area contributed by atoms with Crippen LogP contribution < -0.4 is 10.1 Å². The molecule has 0 aromatic heterocycles. The summed E-state index contributed by atoms with van der Waals surface area (Å²) in [5.74, 6) is -1.07. The molecule has 4 aromatic carbocycles. The van der Waals surface area contributed by atoms with Gasteiger partial charge in [-0.2, -0.15) is 0 Å². The van der Waals surface area contributed by atoms with E-state index in [9.17, 15) is 13.6 Å². The number of hydrogen-bond donors (Lipinski definition) is 2. The number of nitrogens with zero attached hydrogens (tertiary/aromatic N) is 1. The molecule has 0 unspecified atom stereocenters. The lowest BCUT2D eigenvalue weighted by molar-refractivity contribution is -0.129. The number of carbonyl (C=O) groups excluding carboxylic acids is 1. The summed E-state index contributed by atoms with van der Waals surface area (Å²) in [6.07, 6.45) is -0.426. The first-order chi connectivity index (χ1) is 21.2. The van der Waals surface area contributed by atoms with E-state index in [2.05, 4.69) is 21.2 Å². The van der Waals surface area contributed by atoms with Crippen molar-refractivity contribution in [2.24, 2.45) is 4.99 Å². The lowest BCUT2D eigenvalue weighted by Gasteiger charge is -2.31. The van der Waals surface area contributed by atoms with Gasteiger partial charge in [-0.15, -0.1) is 0 Å². The van der Waals surface area contributed by atoms with Crippen LogP contribution in [0.1, 0.15) is 34.8 Å². The maximum atomic E-state index is 14.5. The van der Waals surface area contributed by atoms with E-state index < -0.39 is 29.2 Å². The average molecular weight is 704 g/mol. The molecule has 11 heteroatoms. The van der Waals surface area contributed by atoms with Gasteiger partial charge in [0, 0.05) is 57.2 Å². The van der Waals surface area contributed by atoms with Crippen molar-refractivity contribution < 1.29 is 28.2 Å². The van der Waals surface area contributed by atoms with E-state index in [0.717, 1.165) is 28.2 Å². The number of halogens is 5. The molecule has 44 heavy (non-hydrogen) atoms. The molecule has 1 aliphatic heterocycles. The number of hydrogen-bond acceptors (Lipinski definition) is 5. The van der Waals surface area contributed by atoms with Gasteiger partial charge in [0.25, 0.3) is 5.91 Å². The third-order valence-corrected chi connectivity index (χ3v) is 8.20. The minimum Gasteiger partial charge on any atom is -0.494 e. The topological polar surface area (TPSA) is 80.2 Å². The van der Waals surface area contributed by atoms with Crippen LogP contribution in [-0.2, 0) is 22.5 Å². The molecule has 4 aromatic rings. The average Bonchev–Trinajstić information content (AvgIpc) is 3.39. The fourth-order valence-electron chi connectivity index (χ4n) is 4.89. The van der Waals surface area contributed by atoms with E-state index in [4.69, 9.17) is 42.8 Å². The molecule has 0 aliphatic carbocycles. The second kappa shape index (κ2) is 14.1. The van der Waals surface area contributed by atoms with Gasteiger partial charge in [-0.05, 0) is 72.3 Å². The van der Waals surface area contributed by atoms with E-state index in [1.165, 1.54) is 0 Å². The Morgan fingerprint density at radius 3 is 2.48 bits per heavy atom. The van der Waals surface area contributed by atoms with Crippen molar-refractivity contribution in [2.45, 2.75) is 31.0 Å². The van der Waals surface area contributed by atoms with Crippen LogP contribution in [0.15, 0.2) is 94.4 Å². The molecular formula is C33H27BrCl2F2N2O4. The van der Waals surface area contributed by atoms with Gasteiger partial charge in [0.2, 0.25) is 5.90 Å². The van der Waals surface area contributed by atoms with Crippen molar-refractivity contribution in [3.63, 3.8) is 0 Å². The molecule has 0 spiro atoms. The molecular weight excluding hydrogens is 677 g/mol. The molecule has 1 aliphatic rings. The Morgan fingerprint density at radius 2 is 1.77 bits per heavy atom. The molecule has 2 N–H and O–H groups in total. The Bertz CT molecular complexity index is 1670. The lowest BCUT2D eigenvalue weighted by Crippen LogP contribution is -2.49. The molecule has 0 bridgehead atoms. The second-order valence-electron chi connectivity index (χ2n) is 10.2. The van der Waals surface area contributed by atoms with Gasteiger partial charge in [-0.25, -0.2) is 13.8 Å². The summed E-state index contributed by atoms with van der Waals surface area (Å²) < 4.78 is 41.4. The number of aliphatic hydroxyl groups is 1. The van der Waals surface area contributed by atoms with Crippen molar-refractivity contribution in [1.29, 1.82) is 0 Å². The summed E-state index contributed by atoms with van der Waals surface area (Å²) in [6, 6.07) is 22.4. The number of ether oxygens (including phenoxy) is 2. The summed E-state index contributed by atoms with van der Waals surface area (Å²) >= 11 is 16.3. The lowest BCUT2D eigenvalue weighted by atomic mass is 9.82. The van der Waals surface area contributed by atoms with Gasteiger partial charge in [-0.1, -0.05) is 57.3 Å². The van der Waals surface area contributed by atoms with Crippen molar-refractivity contribution in [1.82, 2.24) is 5.32 Å². The highest BCUT2D eigenvalue weighted by Crippen LogP contribution is 2.45. The molecule has 228 valence electrons. The predicted molar refractivity (Wildman–Crippen MR) is 169 cm³/mol. The van der Waals surface area contributed by atoms with Crippen molar-refractivity contribution >= 4 is 50.9 Å². The molecule has 1 heterocycles. The Hall–Kier alpha value is -3.50. The Balaban J connectivity index is 1.58. The van der Waals surface area contributed by atoms with Gasteiger partial charge in [0.15, 0.2) is 11.6 Å².